The van der Waals surface area contributed by atoms with E-state index in [-0.39, 0.29) is 12.5 Å². The Morgan fingerprint density at radius 1 is 1.32 bits per heavy atom. The molecule has 1 unspecified atom stereocenters. The molecule has 2 aliphatic rings. The third-order valence-corrected chi connectivity index (χ3v) is 6.41. The lowest BCUT2D eigenvalue weighted by Crippen LogP contribution is -2.48. The minimum Gasteiger partial charge on any atom is -0.484 e. The number of nitrogens with one attached hydrogen (secondary N) is 2. The van der Waals surface area contributed by atoms with Crippen LogP contribution in [0.4, 0.5) is 0 Å². The average Bonchev–Trinajstić information content (AvgIpc) is 3.54. The SMILES string of the molecule is CCC1CN(C(=NC)NCCc2ccc(OCC(=O)NC3CC3)cc2)CCS1. The van der Waals surface area contributed by atoms with Crippen LogP contribution in [0.1, 0.15) is 31.7 Å². The van der Waals surface area contributed by atoms with Crippen LogP contribution in [-0.4, -0.2) is 67.1 Å². The lowest BCUT2D eigenvalue weighted by molar-refractivity contribution is -0.123. The van der Waals surface area contributed by atoms with Gasteiger partial charge in [-0.1, -0.05) is 19.1 Å². The van der Waals surface area contributed by atoms with Gasteiger partial charge < -0.3 is 20.3 Å². The summed E-state index contributed by atoms with van der Waals surface area (Å²) in [4.78, 5) is 18.5. The van der Waals surface area contributed by atoms with Crippen molar-refractivity contribution < 1.29 is 9.53 Å². The normalized spacial score (nSPS) is 20.0. The molecule has 1 saturated carbocycles. The molecule has 28 heavy (non-hydrogen) atoms. The standard InChI is InChI=1S/C21H32N4O2S/c1-3-19-14-25(12-13-28-19)21(22-2)23-11-10-16-4-8-18(9-5-16)27-15-20(26)24-17-6-7-17/h4-5,8-9,17,19H,3,6-7,10-15H2,1-2H3,(H,22,23)(H,24,26). The summed E-state index contributed by atoms with van der Waals surface area (Å²) in [6, 6.07) is 8.36. The number of nitrogens with zero attached hydrogens (tertiary/aromatic N) is 2. The zero-order valence-electron chi connectivity index (χ0n) is 16.9. The Morgan fingerprint density at radius 2 is 2.11 bits per heavy atom. The van der Waals surface area contributed by atoms with Crippen molar-refractivity contribution in [3.63, 3.8) is 0 Å². The van der Waals surface area contributed by atoms with E-state index < -0.39 is 0 Å². The molecule has 1 aromatic carbocycles. The fourth-order valence-electron chi connectivity index (χ4n) is 3.21. The number of guanidine groups is 1. The highest BCUT2D eigenvalue weighted by Crippen LogP contribution is 2.21. The molecule has 1 atom stereocenters. The van der Waals surface area contributed by atoms with Crippen molar-refractivity contribution in [2.45, 2.75) is 43.9 Å². The number of hydrogen-bond donors (Lipinski definition) is 2. The summed E-state index contributed by atoms with van der Waals surface area (Å²) in [5.41, 5.74) is 1.23. The molecule has 7 heteroatoms. The van der Waals surface area contributed by atoms with E-state index in [0.717, 1.165) is 50.6 Å². The minimum absolute atomic E-state index is 0.0383. The van der Waals surface area contributed by atoms with Gasteiger partial charge in [0.25, 0.3) is 5.91 Å². The van der Waals surface area contributed by atoms with Crippen LogP contribution >= 0.6 is 11.8 Å². The molecule has 1 aliphatic carbocycles. The fraction of sp³-hybridized carbons (Fsp3) is 0.619. The Bertz CT molecular complexity index is 661. The van der Waals surface area contributed by atoms with Gasteiger partial charge in [-0.2, -0.15) is 11.8 Å². The number of aliphatic imine (C=N–C) groups is 1. The smallest absolute Gasteiger partial charge is 0.258 e. The molecule has 0 bridgehead atoms. The highest BCUT2D eigenvalue weighted by molar-refractivity contribution is 8.00. The van der Waals surface area contributed by atoms with E-state index >= 15 is 0 Å². The molecule has 6 nitrogen and oxygen atoms in total. The Hall–Kier alpha value is -1.89. The molecule has 1 aliphatic heterocycles. The Balaban J connectivity index is 1.38. The monoisotopic (exact) mass is 404 g/mol. The summed E-state index contributed by atoms with van der Waals surface area (Å²) in [6.07, 6.45) is 4.31. The number of thioether (sulfide) groups is 1. The first-order valence-electron chi connectivity index (χ1n) is 10.3. The van der Waals surface area contributed by atoms with Crippen molar-refractivity contribution in [3.05, 3.63) is 29.8 Å². The van der Waals surface area contributed by atoms with Gasteiger partial charge in [-0.05, 0) is 43.4 Å². The maximum absolute atomic E-state index is 11.7. The zero-order chi connectivity index (χ0) is 19.8. The molecule has 1 amide bonds. The number of carbonyl (C=O) groups is 1. The van der Waals surface area contributed by atoms with Gasteiger partial charge in [0.15, 0.2) is 12.6 Å². The number of ether oxygens (including phenoxy) is 1. The van der Waals surface area contributed by atoms with Gasteiger partial charge in [-0.3, -0.25) is 9.79 Å². The largest absolute Gasteiger partial charge is 0.484 e. The van der Waals surface area contributed by atoms with Crippen LogP contribution in [0.25, 0.3) is 0 Å². The number of amides is 1. The van der Waals surface area contributed by atoms with Gasteiger partial charge in [-0.15, -0.1) is 0 Å². The van der Waals surface area contributed by atoms with Crippen LogP contribution in [0.15, 0.2) is 29.3 Å². The van der Waals surface area contributed by atoms with Crippen LogP contribution in [0.2, 0.25) is 0 Å². The molecule has 1 heterocycles. The predicted octanol–water partition coefficient (Wildman–Crippen LogP) is 2.29. The molecule has 0 aromatic heterocycles. The van der Waals surface area contributed by atoms with Crippen molar-refractivity contribution in [2.75, 3.05) is 39.0 Å². The quantitative estimate of drug-likeness (QED) is 0.514. The van der Waals surface area contributed by atoms with Gasteiger partial charge in [0.1, 0.15) is 5.75 Å². The summed E-state index contributed by atoms with van der Waals surface area (Å²) < 4.78 is 5.56. The molecule has 154 valence electrons. The Labute approximate surface area is 172 Å². The summed E-state index contributed by atoms with van der Waals surface area (Å²) >= 11 is 2.07. The van der Waals surface area contributed by atoms with Crippen molar-refractivity contribution in [3.8, 4) is 5.75 Å². The molecule has 2 N–H and O–H groups in total. The number of hydrogen-bond acceptors (Lipinski definition) is 4. The van der Waals surface area contributed by atoms with Crippen molar-refractivity contribution >= 4 is 23.6 Å². The van der Waals surface area contributed by atoms with E-state index in [9.17, 15) is 4.79 Å². The molecule has 3 rings (SSSR count). The van der Waals surface area contributed by atoms with Crippen LogP contribution in [0.3, 0.4) is 0 Å². The summed E-state index contributed by atoms with van der Waals surface area (Å²) in [5, 5.41) is 7.12. The number of benzene rings is 1. The second-order valence-corrected chi connectivity index (χ2v) is 8.75. The molecular formula is C21H32N4O2S. The Morgan fingerprint density at radius 3 is 2.79 bits per heavy atom. The zero-order valence-corrected chi connectivity index (χ0v) is 17.8. The first kappa shape index (κ1) is 20.8. The third kappa shape index (κ3) is 6.62. The number of rotatable bonds is 8. The lowest BCUT2D eigenvalue weighted by Gasteiger charge is -2.34. The van der Waals surface area contributed by atoms with Gasteiger partial charge in [0, 0.05) is 43.7 Å². The molecule has 2 fully saturated rings. The number of carbonyl (C=O) groups excluding carboxylic acids is 1. The van der Waals surface area contributed by atoms with Crippen LogP contribution in [-0.2, 0) is 11.2 Å². The highest BCUT2D eigenvalue weighted by Gasteiger charge is 2.23. The van der Waals surface area contributed by atoms with Gasteiger partial charge in [0.2, 0.25) is 0 Å². The van der Waals surface area contributed by atoms with E-state index in [0.29, 0.717) is 11.3 Å². The highest BCUT2D eigenvalue weighted by atomic mass is 32.2. The van der Waals surface area contributed by atoms with E-state index in [4.69, 9.17) is 4.74 Å². The second-order valence-electron chi connectivity index (χ2n) is 7.35. The maximum Gasteiger partial charge on any atom is 0.258 e. The predicted molar refractivity (Wildman–Crippen MR) is 116 cm³/mol. The van der Waals surface area contributed by atoms with E-state index in [1.165, 1.54) is 17.7 Å². The van der Waals surface area contributed by atoms with Gasteiger partial charge in [0.05, 0.1) is 0 Å². The minimum atomic E-state index is -0.0383. The first-order valence-corrected chi connectivity index (χ1v) is 11.3. The van der Waals surface area contributed by atoms with Gasteiger partial charge in [-0.25, -0.2) is 0 Å². The summed E-state index contributed by atoms with van der Waals surface area (Å²) in [7, 11) is 1.86. The maximum atomic E-state index is 11.7. The first-order chi connectivity index (χ1) is 13.7. The topological polar surface area (TPSA) is 66.0 Å². The van der Waals surface area contributed by atoms with Crippen LogP contribution in [0, 0.1) is 0 Å². The Kier molecular flexibility index (Phi) is 7.89. The van der Waals surface area contributed by atoms with Crippen LogP contribution < -0.4 is 15.4 Å². The fourth-order valence-corrected chi connectivity index (χ4v) is 4.39. The summed E-state index contributed by atoms with van der Waals surface area (Å²) in [6.45, 7) is 5.31. The van der Waals surface area contributed by atoms with Crippen molar-refractivity contribution in [1.82, 2.24) is 15.5 Å². The van der Waals surface area contributed by atoms with Crippen molar-refractivity contribution in [1.29, 1.82) is 0 Å². The molecule has 0 radical (unpaired) electrons. The van der Waals surface area contributed by atoms with Gasteiger partial charge >= 0.3 is 0 Å². The van der Waals surface area contributed by atoms with Crippen molar-refractivity contribution in [2.24, 2.45) is 4.99 Å². The molecule has 1 aromatic rings. The molecule has 1 saturated heterocycles. The summed E-state index contributed by atoms with van der Waals surface area (Å²) in [5.74, 6) is 2.86. The molecular weight excluding hydrogens is 372 g/mol. The third-order valence-electron chi connectivity index (χ3n) is 5.04. The van der Waals surface area contributed by atoms with Crippen LogP contribution in [0.5, 0.6) is 5.75 Å². The van der Waals surface area contributed by atoms with E-state index in [2.05, 4.69) is 51.3 Å². The average molecular weight is 405 g/mol. The lowest BCUT2D eigenvalue weighted by atomic mass is 10.1. The second kappa shape index (κ2) is 10.6. The van der Waals surface area contributed by atoms with E-state index in [1.807, 2.05) is 19.2 Å². The van der Waals surface area contributed by atoms with E-state index in [1.54, 1.807) is 0 Å². The molecule has 0 spiro atoms.